The number of ether oxygens (including phenoxy) is 2. The van der Waals surface area contributed by atoms with Gasteiger partial charge in [-0.1, -0.05) is 6.07 Å². The van der Waals surface area contributed by atoms with Crippen LogP contribution in [-0.2, 0) is 4.74 Å². The monoisotopic (exact) mass is 285 g/mol. The Labute approximate surface area is 117 Å². The van der Waals surface area contributed by atoms with E-state index >= 15 is 0 Å². The van der Waals surface area contributed by atoms with Crippen molar-refractivity contribution < 1.29 is 23.8 Å². The number of aliphatic hydroxyl groups excluding tert-OH is 1. The van der Waals surface area contributed by atoms with Crippen molar-refractivity contribution in [1.29, 1.82) is 0 Å². The molecule has 0 spiro atoms. The second-order valence-corrected chi connectivity index (χ2v) is 5.24. The molecule has 0 fully saturated rings. The lowest BCUT2D eigenvalue weighted by Crippen LogP contribution is -2.36. The van der Waals surface area contributed by atoms with E-state index in [2.05, 4.69) is 5.32 Å². The van der Waals surface area contributed by atoms with E-state index in [1.807, 2.05) is 0 Å². The third-order valence-electron chi connectivity index (χ3n) is 2.45. The van der Waals surface area contributed by atoms with Gasteiger partial charge in [0.2, 0.25) is 0 Å². The van der Waals surface area contributed by atoms with Crippen LogP contribution in [0.4, 0.5) is 9.18 Å². The van der Waals surface area contributed by atoms with Crippen LogP contribution in [-0.4, -0.2) is 30.5 Å². The zero-order chi connectivity index (χ0) is 15.3. The minimum absolute atomic E-state index is 0.0864. The van der Waals surface area contributed by atoms with Crippen LogP contribution >= 0.6 is 0 Å². The molecule has 20 heavy (non-hydrogen) atoms. The van der Waals surface area contributed by atoms with Crippen LogP contribution < -0.4 is 10.1 Å². The van der Waals surface area contributed by atoms with Crippen molar-refractivity contribution in [2.24, 2.45) is 0 Å². The molecule has 6 heteroatoms. The molecule has 0 heterocycles. The maximum Gasteiger partial charge on any atom is 0.408 e. The number of aliphatic hydroxyl groups is 1. The predicted molar refractivity (Wildman–Crippen MR) is 72.1 cm³/mol. The van der Waals surface area contributed by atoms with Gasteiger partial charge < -0.3 is 19.9 Å². The van der Waals surface area contributed by atoms with Crippen LogP contribution in [0.25, 0.3) is 0 Å². The summed E-state index contributed by atoms with van der Waals surface area (Å²) in [5.41, 5.74) is -0.591. The lowest BCUT2D eigenvalue weighted by atomic mass is 10.1. The van der Waals surface area contributed by atoms with Gasteiger partial charge in [0.15, 0.2) is 0 Å². The molecule has 1 aromatic rings. The SMILES string of the molecule is COc1cccc(F)c1C(CO)NC(=O)OC(C)(C)C. The second kappa shape index (κ2) is 6.56. The molecular formula is C14H20FNO4. The largest absolute Gasteiger partial charge is 0.496 e. The summed E-state index contributed by atoms with van der Waals surface area (Å²) in [4.78, 5) is 11.7. The van der Waals surface area contributed by atoms with Crippen LogP contribution in [0.2, 0.25) is 0 Å². The first kappa shape index (κ1) is 16.2. The Balaban J connectivity index is 2.94. The number of carbonyl (C=O) groups is 1. The highest BCUT2D eigenvalue weighted by molar-refractivity contribution is 5.68. The van der Waals surface area contributed by atoms with Gasteiger partial charge in [0.1, 0.15) is 17.2 Å². The summed E-state index contributed by atoms with van der Waals surface area (Å²) >= 11 is 0. The van der Waals surface area contributed by atoms with Gasteiger partial charge in [0.05, 0.1) is 25.3 Å². The number of hydrogen-bond donors (Lipinski definition) is 2. The molecule has 1 unspecified atom stereocenters. The molecule has 0 radical (unpaired) electrons. The minimum atomic E-state index is -0.944. The van der Waals surface area contributed by atoms with E-state index in [0.717, 1.165) is 0 Å². The van der Waals surface area contributed by atoms with Gasteiger partial charge >= 0.3 is 6.09 Å². The number of carbonyl (C=O) groups excluding carboxylic acids is 1. The minimum Gasteiger partial charge on any atom is -0.496 e. The lowest BCUT2D eigenvalue weighted by Gasteiger charge is -2.24. The molecule has 1 rings (SSSR count). The van der Waals surface area contributed by atoms with E-state index in [4.69, 9.17) is 9.47 Å². The molecule has 1 atom stereocenters. The summed E-state index contributed by atoms with van der Waals surface area (Å²) in [7, 11) is 1.39. The molecule has 0 aromatic heterocycles. The fourth-order valence-corrected chi connectivity index (χ4v) is 1.69. The summed E-state index contributed by atoms with van der Waals surface area (Å²) in [6, 6.07) is 3.33. The van der Waals surface area contributed by atoms with Gasteiger partial charge in [0, 0.05) is 0 Å². The molecule has 112 valence electrons. The number of halogens is 1. The van der Waals surface area contributed by atoms with Crippen molar-refractivity contribution in [3.63, 3.8) is 0 Å². The van der Waals surface area contributed by atoms with Gasteiger partial charge in [-0.15, -0.1) is 0 Å². The number of nitrogens with one attached hydrogen (secondary N) is 1. The van der Waals surface area contributed by atoms with Crippen LogP contribution in [0, 0.1) is 5.82 Å². The van der Waals surface area contributed by atoms with Gasteiger partial charge in [-0.2, -0.15) is 0 Å². The molecule has 0 aliphatic rings. The molecule has 5 nitrogen and oxygen atoms in total. The lowest BCUT2D eigenvalue weighted by molar-refractivity contribution is 0.0480. The van der Waals surface area contributed by atoms with Crippen molar-refractivity contribution in [3.8, 4) is 5.75 Å². The summed E-state index contributed by atoms with van der Waals surface area (Å²) in [6.45, 7) is 4.66. The zero-order valence-corrected chi connectivity index (χ0v) is 12.1. The molecule has 0 aliphatic carbocycles. The molecule has 1 amide bonds. The van der Waals surface area contributed by atoms with E-state index in [9.17, 15) is 14.3 Å². The fourth-order valence-electron chi connectivity index (χ4n) is 1.69. The predicted octanol–water partition coefficient (Wildman–Crippen LogP) is 2.39. The summed E-state index contributed by atoms with van der Waals surface area (Å²) < 4.78 is 24.0. The van der Waals surface area contributed by atoms with Crippen LogP contribution in [0.1, 0.15) is 32.4 Å². The number of hydrogen-bond acceptors (Lipinski definition) is 4. The Kier molecular flexibility index (Phi) is 5.33. The van der Waals surface area contributed by atoms with E-state index in [-0.39, 0.29) is 11.3 Å². The van der Waals surface area contributed by atoms with Gasteiger partial charge in [-0.3, -0.25) is 0 Å². The average Bonchev–Trinajstić information content (AvgIpc) is 2.33. The topological polar surface area (TPSA) is 67.8 Å². The second-order valence-electron chi connectivity index (χ2n) is 5.24. The molecule has 1 aromatic carbocycles. The molecule has 0 saturated carbocycles. The quantitative estimate of drug-likeness (QED) is 0.891. The van der Waals surface area contributed by atoms with E-state index in [1.165, 1.54) is 19.2 Å². The number of rotatable bonds is 4. The highest BCUT2D eigenvalue weighted by atomic mass is 19.1. The van der Waals surface area contributed by atoms with E-state index < -0.39 is 30.2 Å². The van der Waals surface area contributed by atoms with Crippen molar-refractivity contribution in [1.82, 2.24) is 5.32 Å². The van der Waals surface area contributed by atoms with Crippen molar-refractivity contribution >= 4 is 6.09 Å². The normalized spacial score (nSPS) is 12.7. The van der Waals surface area contributed by atoms with Gasteiger partial charge in [-0.05, 0) is 32.9 Å². The first-order valence-electron chi connectivity index (χ1n) is 6.21. The highest BCUT2D eigenvalue weighted by Gasteiger charge is 2.24. The average molecular weight is 285 g/mol. The van der Waals surface area contributed by atoms with Crippen molar-refractivity contribution in [2.75, 3.05) is 13.7 Å². The van der Waals surface area contributed by atoms with Crippen molar-refractivity contribution in [3.05, 3.63) is 29.6 Å². The maximum atomic E-state index is 13.9. The summed E-state index contributed by atoms with van der Waals surface area (Å²) in [5, 5.41) is 11.8. The zero-order valence-electron chi connectivity index (χ0n) is 12.1. The Morgan fingerprint density at radius 2 is 2.10 bits per heavy atom. The van der Waals surface area contributed by atoms with Crippen LogP contribution in [0.15, 0.2) is 18.2 Å². The Morgan fingerprint density at radius 1 is 1.45 bits per heavy atom. The molecule has 0 saturated heterocycles. The van der Waals surface area contributed by atoms with Crippen LogP contribution in [0.3, 0.4) is 0 Å². The molecule has 0 aliphatic heterocycles. The smallest absolute Gasteiger partial charge is 0.408 e. The first-order valence-corrected chi connectivity index (χ1v) is 6.21. The number of methoxy groups -OCH3 is 1. The van der Waals surface area contributed by atoms with E-state index in [0.29, 0.717) is 0 Å². The van der Waals surface area contributed by atoms with E-state index in [1.54, 1.807) is 26.8 Å². The Hall–Kier alpha value is -1.82. The standard InChI is InChI=1S/C14H20FNO4/c1-14(2,3)20-13(18)16-10(8-17)12-9(15)6-5-7-11(12)19-4/h5-7,10,17H,8H2,1-4H3,(H,16,18). The first-order chi connectivity index (χ1) is 9.28. The third kappa shape index (κ3) is 4.38. The summed E-state index contributed by atoms with van der Waals surface area (Å²) in [5.74, 6) is -0.320. The number of amides is 1. The Bertz CT molecular complexity index is 471. The van der Waals surface area contributed by atoms with Crippen LogP contribution in [0.5, 0.6) is 5.75 Å². The molecule has 0 bridgehead atoms. The Morgan fingerprint density at radius 3 is 2.60 bits per heavy atom. The maximum absolute atomic E-state index is 13.9. The fraction of sp³-hybridized carbons (Fsp3) is 0.500. The molecule has 2 N–H and O–H groups in total. The third-order valence-corrected chi connectivity index (χ3v) is 2.45. The number of alkyl carbamates (subject to hydrolysis) is 1. The van der Waals surface area contributed by atoms with Crippen molar-refractivity contribution in [2.45, 2.75) is 32.4 Å². The highest BCUT2D eigenvalue weighted by Crippen LogP contribution is 2.27. The van der Waals surface area contributed by atoms with Gasteiger partial charge in [-0.25, -0.2) is 9.18 Å². The van der Waals surface area contributed by atoms with Gasteiger partial charge in [0.25, 0.3) is 0 Å². The summed E-state index contributed by atoms with van der Waals surface area (Å²) in [6.07, 6.45) is -0.734. The molecular weight excluding hydrogens is 265 g/mol. The number of benzene rings is 1.